The molecule has 1 N–H and O–H groups in total. The highest BCUT2D eigenvalue weighted by atomic mass is 35.5. The van der Waals surface area contributed by atoms with Crippen molar-refractivity contribution in [2.24, 2.45) is 0 Å². The lowest BCUT2D eigenvalue weighted by Crippen LogP contribution is -2.28. The zero-order valence-corrected chi connectivity index (χ0v) is 14.8. The molecule has 0 saturated heterocycles. The van der Waals surface area contributed by atoms with Gasteiger partial charge in [0, 0.05) is 4.90 Å². The second kappa shape index (κ2) is 7.81. The van der Waals surface area contributed by atoms with E-state index in [2.05, 4.69) is 5.32 Å². The quantitative estimate of drug-likeness (QED) is 0.813. The molecule has 0 aromatic heterocycles. The van der Waals surface area contributed by atoms with Crippen LogP contribution in [0.2, 0.25) is 5.02 Å². The Hall–Kier alpha value is -1.85. The Balaban J connectivity index is 1.57. The largest absolute Gasteiger partial charge is 0.486 e. The fourth-order valence-electron chi connectivity index (χ4n) is 2.40. The van der Waals surface area contributed by atoms with E-state index in [1.807, 2.05) is 49.4 Å². The number of fused-ring (bicyclic) bond motifs is 1. The number of halogens is 1. The molecule has 6 heteroatoms. The van der Waals surface area contributed by atoms with E-state index in [9.17, 15) is 4.79 Å². The average Bonchev–Trinajstić information content (AvgIpc) is 2.60. The molecular formula is C18H18ClNO3S. The number of benzene rings is 2. The van der Waals surface area contributed by atoms with Crippen LogP contribution < -0.4 is 14.8 Å². The van der Waals surface area contributed by atoms with Gasteiger partial charge in [-0.1, -0.05) is 29.8 Å². The van der Waals surface area contributed by atoms with E-state index in [0.717, 1.165) is 22.0 Å². The molecule has 126 valence electrons. The highest BCUT2D eigenvalue weighted by Gasteiger charge is 2.16. The molecule has 0 aliphatic carbocycles. The first kappa shape index (κ1) is 17.0. The molecule has 1 aliphatic rings. The Bertz CT molecular complexity index is 738. The molecule has 0 spiro atoms. The SMILES string of the molecule is CC(NC(=O)CSc1ccccc1Cl)c1ccc2c(c1)OCCO2. The smallest absolute Gasteiger partial charge is 0.230 e. The van der Waals surface area contributed by atoms with Crippen molar-refractivity contribution in [3.63, 3.8) is 0 Å². The third kappa shape index (κ3) is 4.16. The number of thioether (sulfide) groups is 1. The first-order chi connectivity index (χ1) is 11.6. The van der Waals surface area contributed by atoms with Gasteiger partial charge >= 0.3 is 0 Å². The number of carbonyl (C=O) groups excluding carboxylic acids is 1. The average molecular weight is 364 g/mol. The van der Waals surface area contributed by atoms with Crippen LogP contribution in [-0.4, -0.2) is 24.9 Å². The monoisotopic (exact) mass is 363 g/mol. The summed E-state index contributed by atoms with van der Waals surface area (Å²) < 4.78 is 11.1. The number of hydrogen-bond donors (Lipinski definition) is 1. The maximum Gasteiger partial charge on any atom is 0.230 e. The van der Waals surface area contributed by atoms with Gasteiger partial charge in [0.05, 0.1) is 16.8 Å². The van der Waals surface area contributed by atoms with Gasteiger partial charge in [0.25, 0.3) is 0 Å². The van der Waals surface area contributed by atoms with Crippen molar-refractivity contribution < 1.29 is 14.3 Å². The lowest BCUT2D eigenvalue weighted by molar-refractivity contribution is -0.119. The Kier molecular flexibility index (Phi) is 5.53. The molecule has 0 fully saturated rings. The maximum absolute atomic E-state index is 12.2. The van der Waals surface area contributed by atoms with Gasteiger partial charge in [0.15, 0.2) is 11.5 Å². The number of carbonyl (C=O) groups is 1. The molecule has 0 bridgehead atoms. The molecule has 1 amide bonds. The predicted octanol–water partition coefficient (Wildman–Crippen LogP) is 4.08. The molecule has 1 atom stereocenters. The summed E-state index contributed by atoms with van der Waals surface area (Å²) >= 11 is 7.52. The van der Waals surface area contributed by atoms with E-state index >= 15 is 0 Å². The number of nitrogens with one attached hydrogen (secondary N) is 1. The molecule has 3 rings (SSSR count). The fourth-order valence-corrected chi connectivity index (χ4v) is 3.45. The van der Waals surface area contributed by atoms with Crippen LogP contribution >= 0.6 is 23.4 Å². The van der Waals surface area contributed by atoms with Crippen molar-refractivity contribution >= 4 is 29.3 Å². The van der Waals surface area contributed by atoms with Crippen LogP contribution in [-0.2, 0) is 4.79 Å². The summed E-state index contributed by atoms with van der Waals surface area (Å²) in [5.41, 5.74) is 0.982. The lowest BCUT2D eigenvalue weighted by atomic mass is 10.1. The molecule has 0 radical (unpaired) electrons. The van der Waals surface area contributed by atoms with Gasteiger partial charge in [-0.05, 0) is 36.8 Å². The second-order valence-corrected chi connectivity index (χ2v) is 6.84. The summed E-state index contributed by atoms with van der Waals surface area (Å²) in [7, 11) is 0. The molecule has 1 unspecified atom stereocenters. The summed E-state index contributed by atoms with van der Waals surface area (Å²) in [6.45, 7) is 3.06. The normalized spacial score (nSPS) is 14.1. The van der Waals surface area contributed by atoms with Crippen molar-refractivity contribution in [2.45, 2.75) is 17.9 Å². The van der Waals surface area contributed by atoms with Crippen molar-refractivity contribution in [1.82, 2.24) is 5.32 Å². The van der Waals surface area contributed by atoms with Gasteiger partial charge in [-0.25, -0.2) is 0 Å². The standard InChI is InChI=1S/C18H18ClNO3S/c1-12(13-6-7-15-16(10-13)23-9-8-22-15)20-18(21)11-24-17-5-3-2-4-14(17)19/h2-7,10,12H,8-9,11H2,1H3,(H,20,21). The summed E-state index contributed by atoms with van der Waals surface area (Å²) in [5, 5.41) is 3.66. The molecule has 2 aromatic carbocycles. The van der Waals surface area contributed by atoms with E-state index in [1.54, 1.807) is 0 Å². The minimum atomic E-state index is -0.111. The molecule has 1 heterocycles. The first-order valence-electron chi connectivity index (χ1n) is 7.70. The van der Waals surface area contributed by atoms with Gasteiger partial charge in [0.2, 0.25) is 5.91 Å². The van der Waals surface area contributed by atoms with Crippen LogP contribution in [0.15, 0.2) is 47.4 Å². The van der Waals surface area contributed by atoms with Gasteiger partial charge < -0.3 is 14.8 Å². The third-order valence-electron chi connectivity index (χ3n) is 3.64. The number of amides is 1. The van der Waals surface area contributed by atoms with E-state index in [1.165, 1.54) is 11.8 Å². The summed E-state index contributed by atoms with van der Waals surface area (Å²) in [5.74, 6) is 1.75. The van der Waals surface area contributed by atoms with Crippen LogP contribution in [0.3, 0.4) is 0 Å². The van der Waals surface area contributed by atoms with Crippen LogP contribution in [0.25, 0.3) is 0 Å². The van der Waals surface area contributed by atoms with E-state index in [4.69, 9.17) is 21.1 Å². The van der Waals surface area contributed by atoms with E-state index < -0.39 is 0 Å². The Morgan fingerprint density at radius 3 is 2.75 bits per heavy atom. The lowest BCUT2D eigenvalue weighted by Gasteiger charge is -2.21. The van der Waals surface area contributed by atoms with Crippen molar-refractivity contribution in [3.8, 4) is 11.5 Å². The van der Waals surface area contributed by atoms with Crippen molar-refractivity contribution in [2.75, 3.05) is 19.0 Å². The van der Waals surface area contributed by atoms with Crippen LogP contribution in [0, 0.1) is 0 Å². The highest BCUT2D eigenvalue weighted by molar-refractivity contribution is 8.00. The second-order valence-electron chi connectivity index (χ2n) is 5.41. The molecule has 2 aromatic rings. The number of ether oxygens (including phenoxy) is 2. The van der Waals surface area contributed by atoms with Gasteiger partial charge in [-0.2, -0.15) is 0 Å². The van der Waals surface area contributed by atoms with Gasteiger partial charge in [0.1, 0.15) is 13.2 Å². The molecular weight excluding hydrogens is 346 g/mol. The zero-order valence-electron chi connectivity index (χ0n) is 13.3. The summed E-state index contributed by atoms with van der Waals surface area (Å²) in [6.07, 6.45) is 0. The Morgan fingerprint density at radius 2 is 1.96 bits per heavy atom. The van der Waals surface area contributed by atoms with E-state index in [0.29, 0.717) is 24.0 Å². The summed E-state index contributed by atoms with van der Waals surface area (Å²) in [6, 6.07) is 13.1. The van der Waals surface area contributed by atoms with E-state index in [-0.39, 0.29) is 11.9 Å². The van der Waals surface area contributed by atoms with Crippen molar-refractivity contribution in [3.05, 3.63) is 53.1 Å². The van der Waals surface area contributed by atoms with Crippen LogP contribution in [0.1, 0.15) is 18.5 Å². The Morgan fingerprint density at radius 1 is 1.21 bits per heavy atom. The van der Waals surface area contributed by atoms with Crippen LogP contribution in [0.5, 0.6) is 11.5 Å². The molecule has 1 aliphatic heterocycles. The maximum atomic E-state index is 12.2. The Labute approximate surface area is 150 Å². The fraction of sp³-hybridized carbons (Fsp3) is 0.278. The van der Waals surface area contributed by atoms with Gasteiger partial charge in [-0.15, -0.1) is 11.8 Å². The van der Waals surface area contributed by atoms with Gasteiger partial charge in [-0.3, -0.25) is 4.79 Å². The first-order valence-corrected chi connectivity index (χ1v) is 9.06. The third-order valence-corrected chi connectivity index (χ3v) is 5.15. The molecule has 0 saturated carbocycles. The summed E-state index contributed by atoms with van der Waals surface area (Å²) in [4.78, 5) is 13.1. The minimum Gasteiger partial charge on any atom is -0.486 e. The minimum absolute atomic E-state index is 0.0395. The van der Waals surface area contributed by atoms with Crippen LogP contribution in [0.4, 0.5) is 0 Å². The molecule has 4 nitrogen and oxygen atoms in total. The van der Waals surface area contributed by atoms with Crippen molar-refractivity contribution in [1.29, 1.82) is 0 Å². The highest BCUT2D eigenvalue weighted by Crippen LogP contribution is 2.32. The topological polar surface area (TPSA) is 47.6 Å². The number of rotatable bonds is 5. The predicted molar refractivity (Wildman–Crippen MR) is 96.2 cm³/mol. The zero-order chi connectivity index (χ0) is 16.9. The molecule has 24 heavy (non-hydrogen) atoms. The number of hydrogen-bond acceptors (Lipinski definition) is 4.